The predicted octanol–water partition coefficient (Wildman–Crippen LogP) is 3.71. The second-order valence-corrected chi connectivity index (χ2v) is 7.82. The molecule has 1 unspecified atom stereocenters. The molecule has 0 fully saturated rings. The highest BCUT2D eigenvalue weighted by molar-refractivity contribution is 5.80. The number of aliphatic imine (C=N–C) groups is 1. The van der Waals surface area contributed by atoms with E-state index in [-0.39, 0.29) is 19.8 Å². The minimum atomic E-state index is -1.01. The molecule has 0 aromatic heterocycles. The maximum Gasteiger partial charge on any atom is 0.359 e. The fourth-order valence-corrected chi connectivity index (χ4v) is 3.88. The first-order valence-corrected chi connectivity index (χ1v) is 10.9. The van der Waals surface area contributed by atoms with E-state index < -0.39 is 11.9 Å². The van der Waals surface area contributed by atoms with Gasteiger partial charge in [0.15, 0.2) is 12.4 Å². The summed E-state index contributed by atoms with van der Waals surface area (Å²) in [5.41, 5.74) is 0. The molecule has 0 bridgehead atoms. The highest BCUT2D eigenvalue weighted by Gasteiger charge is 2.39. The zero-order valence-corrected chi connectivity index (χ0v) is 17.5. The Balaban J connectivity index is 2.30. The van der Waals surface area contributed by atoms with Gasteiger partial charge in [0.1, 0.15) is 19.7 Å². The van der Waals surface area contributed by atoms with E-state index in [2.05, 4.69) is 11.9 Å². The third-order valence-electron chi connectivity index (χ3n) is 5.45. The van der Waals surface area contributed by atoms with Crippen LogP contribution in [0.1, 0.15) is 77.6 Å². The average Bonchev–Trinajstić information content (AvgIpc) is 3.02. The number of carbonyl (C=O) groups is 2. The summed E-state index contributed by atoms with van der Waals surface area (Å²) in [5, 5.41) is 18.0. The lowest BCUT2D eigenvalue weighted by Gasteiger charge is -2.33. The highest BCUT2D eigenvalue weighted by Crippen LogP contribution is 2.20. The van der Waals surface area contributed by atoms with Crippen LogP contribution in [0, 0.1) is 0 Å². The molecule has 1 rings (SSSR count). The molecule has 1 heterocycles. The van der Waals surface area contributed by atoms with Crippen molar-refractivity contribution in [2.24, 2.45) is 4.99 Å². The topological polar surface area (TPSA) is 96.2 Å². The van der Waals surface area contributed by atoms with E-state index in [1.807, 2.05) is 0 Å². The van der Waals surface area contributed by atoms with Gasteiger partial charge in [-0.2, -0.15) is 0 Å². The lowest BCUT2D eigenvalue weighted by molar-refractivity contribution is -0.829. The van der Waals surface area contributed by atoms with E-state index in [1.165, 1.54) is 51.4 Å². The maximum atomic E-state index is 11.4. The molecule has 0 radical (unpaired) electrons. The minimum absolute atomic E-state index is 0.00692. The van der Waals surface area contributed by atoms with Crippen LogP contribution < -0.4 is 0 Å². The molecule has 28 heavy (non-hydrogen) atoms. The van der Waals surface area contributed by atoms with Crippen molar-refractivity contribution in [3.63, 3.8) is 0 Å². The number of nitrogens with zero attached hydrogens (tertiary/aromatic N) is 2. The Morgan fingerprint density at radius 2 is 1.57 bits per heavy atom. The normalized spacial score (nSPS) is 19.0. The predicted molar refractivity (Wildman–Crippen MR) is 110 cm³/mol. The van der Waals surface area contributed by atoms with E-state index >= 15 is 0 Å². The van der Waals surface area contributed by atoms with Gasteiger partial charge >= 0.3 is 11.9 Å². The summed E-state index contributed by atoms with van der Waals surface area (Å²) in [6.07, 6.45) is 13.5. The van der Waals surface area contributed by atoms with Crippen molar-refractivity contribution in [3.05, 3.63) is 0 Å². The SMILES string of the molecule is CCCCCCCCCCCCC1=NCC[N+]1(CCOCC(=O)O)CC(=O)O. The molecule has 0 amide bonds. The number of ether oxygens (including phenoxy) is 1. The summed E-state index contributed by atoms with van der Waals surface area (Å²) in [6, 6.07) is 0. The Labute approximate surface area is 169 Å². The quantitative estimate of drug-likeness (QED) is 0.270. The van der Waals surface area contributed by atoms with Gasteiger partial charge in [-0.05, 0) is 6.42 Å². The van der Waals surface area contributed by atoms with E-state index in [1.54, 1.807) is 0 Å². The van der Waals surface area contributed by atoms with Gasteiger partial charge < -0.3 is 14.9 Å². The molecule has 0 saturated carbocycles. The minimum Gasteiger partial charge on any atom is -0.480 e. The van der Waals surface area contributed by atoms with Crippen LogP contribution in [0.3, 0.4) is 0 Å². The Morgan fingerprint density at radius 3 is 2.14 bits per heavy atom. The summed E-state index contributed by atoms with van der Waals surface area (Å²) in [7, 11) is 0. The molecule has 2 N–H and O–H groups in total. The molecule has 7 nitrogen and oxygen atoms in total. The molecule has 1 atom stereocenters. The summed E-state index contributed by atoms with van der Waals surface area (Å²) in [5.74, 6) is -0.915. The van der Waals surface area contributed by atoms with Crippen molar-refractivity contribution >= 4 is 17.8 Å². The number of hydrogen-bond donors (Lipinski definition) is 2. The Morgan fingerprint density at radius 1 is 0.964 bits per heavy atom. The zero-order valence-electron chi connectivity index (χ0n) is 17.5. The van der Waals surface area contributed by atoms with Gasteiger partial charge in [-0.3, -0.25) is 4.48 Å². The third-order valence-corrected chi connectivity index (χ3v) is 5.45. The van der Waals surface area contributed by atoms with Crippen LogP contribution in [0.25, 0.3) is 0 Å². The molecule has 1 aliphatic heterocycles. The van der Waals surface area contributed by atoms with Crippen LogP contribution in [0.2, 0.25) is 0 Å². The molecule has 162 valence electrons. The van der Waals surface area contributed by atoms with Gasteiger partial charge in [0, 0.05) is 6.42 Å². The van der Waals surface area contributed by atoms with Crippen LogP contribution >= 0.6 is 0 Å². The Bertz CT molecular complexity index is 495. The number of carboxylic acids is 2. The number of unbranched alkanes of at least 4 members (excludes halogenated alkanes) is 9. The lowest BCUT2D eigenvalue weighted by Crippen LogP contribution is -2.55. The smallest absolute Gasteiger partial charge is 0.359 e. The fourth-order valence-electron chi connectivity index (χ4n) is 3.88. The Hall–Kier alpha value is -1.47. The number of hydrogen-bond acceptors (Lipinski definition) is 4. The van der Waals surface area contributed by atoms with Crippen LogP contribution in [-0.4, -0.2) is 71.9 Å². The lowest BCUT2D eigenvalue weighted by atomic mass is 10.1. The number of aliphatic carboxylic acids is 2. The summed E-state index contributed by atoms with van der Waals surface area (Å²) >= 11 is 0. The first kappa shape index (κ1) is 24.6. The molecule has 0 saturated heterocycles. The number of amidine groups is 1. The standard InChI is InChI=1S/C21H38N2O5/c1-2-3-4-5-6-7-8-9-10-11-12-19-22-13-14-23(19,17-20(24)25)15-16-28-18-21(26)27/h2-18H2,1H3,(H-,24,25,26,27)/p+1. The summed E-state index contributed by atoms with van der Waals surface area (Å²) < 4.78 is 5.47. The van der Waals surface area contributed by atoms with Crippen molar-refractivity contribution in [1.82, 2.24) is 0 Å². The van der Waals surface area contributed by atoms with E-state index in [0.29, 0.717) is 24.1 Å². The molecule has 0 spiro atoms. The van der Waals surface area contributed by atoms with E-state index in [9.17, 15) is 14.7 Å². The largest absolute Gasteiger partial charge is 0.480 e. The van der Waals surface area contributed by atoms with Crippen molar-refractivity contribution in [2.75, 3.05) is 39.4 Å². The van der Waals surface area contributed by atoms with Gasteiger partial charge in [0.2, 0.25) is 0 Å². The van der Waals surface area contributed by atoms with Crippen molar-refractivity contribution in [2.45, 2.75) is 77.6 Å². The number of quaternary nitrogens is 1. The summed E-state index contributed by atoms with van der Waals surface area (Å²) in [4.78, 5) is 26.6. The van der Waals surface area contributed by atoms with Gasteiger partial charge in [0.25, 0.3) is 0 Å². The van der Waals surface area contributed by atoms with Gasteiger partial charge in [-0.1, -0.05) is 64.7 Å². The van der Waals surface area contributed by atoms with Crippen molar-refractivity contribution in [3.8, 4) is 0 Å². The first-order valence-electron chi connectivity index (χ1n) is 10.9. The second kappa shape index (κ2) is 14.5. The summed E-state index contributed by atoms with van der Waals surface area (Å²) in [6.45, 7) is 3.88. The van der Waals surface area contributed by atoms with Crippen molar-refractivity contribution in [1.29, 1.82) is 0 Å². The number of rotatable bonds is 18. The van der Waals surface area contributed by atoms with Gasteiger partial charge in [0.05, 0.1) is 13.2 Å². The van der Waals surface area contributed by atoms with Crippen LogP contribution in [0.4, 0.5) is 0 Å². The van der Waals surface area contributed by atoms with E-state index in [0.717, 1.165) is 25.1 Å². The van der Waals surface area contributed by atoms with Gasteiger partial charge in [-0.15, -0.1) is 0 Å². The first-order chi connectivity index (χ1) is 13.5. The number of carboxylic acid groups (broad SMARTS) is 2. The molecule has 0 aromatic rings. The highest BCUT2D eigenvalue weighted by atomic mass is 16.5. The monoisotopic (exact) mass is 399 g/mol. The molecular formula is C21H39N2O5+. The second-order valence-electron chi connectivity index (χ2n) is 7.82. The average molecular weight is 400 g/mol. The van der Waals surface area contributed by atoms with E-state index in [4.69, 9.17) is 9.84 Å². The van der Waals surface area contributed by atoms with Crippen LogP contribution in [-0.2, 0) is 14.3 Å². The van der Waals surface area contributed by atoms with Gasteiger partial charge in [-0.25, -0.2) is 14.6 Å². The van der Waals surface area contributed by atoms with Crippen LogP contribution in [0.15, 0.2) is 4.99 Å². The molecule has 0 aliphatic carbocycles. The third kappa shape index (κ3) is 10.2. The molecule has 0 aromatic carbocycles. The molecule has 1 aliphatic rings. The van der Waals surface area contributed by atoms with Crippen LogP contribution in [0.5, 0.6) is 0 Å². The molecule has 7 heteroatoms. The Kier molecular flexibility index (Phi) is 12.7. The van der Waals surface area contributed by atoms with Crippen molar-refractivity contribution < 1.29 is 29.0 Å². The molecular weight excluding hydrogens is 360 g/mol. The fraction of sp³-hybridized carbons (Fsp3) is 0.857. The zero-order chi connectivity index (χ0) is 20.7. The maximum absolute atomic E-state index is 11.4.